The highest BCUT2D eigenvalue weighted by Gasteiger charge is 1.98. The van der Waals surface area contributed by atoms with Crippen molar-refractivity contribution in [2.75, 3.05) is 0 Å². The van der Waals surface area contributed by atoms with Crippen LogP contribution in [0.15, 0.2) is 23.3 Å². The van der Waals surface area contributed by atoms with E-state index in [1.807, 2.05) is 19.1 Å². The van der Waals surface area contributed by atoms with E-state index in [9.17, 15) is 5.11 Å². The molecule has 0 spiro atoms. The Labute approximate surface area is 65.2 Å². The van der Waals surface area contributed by atoms with Crippen LogP contribution in [0.2, 0.25) is 0 Å². The molecule has 0 fully saturated rings. The monoisotopic (exact) mass is 150 g/mol. The molecule has 2 N–H and O–H groups in total. The number of nitrogens with one attached hydrogen (secondary N) is 1. The molecule has 0 unspecified atom stereocenters. The Morgan fingerprint density at radius 3 is 2.91 bits per heavy atom. The fourth-order valence-electron chi connectivity index (χ4n) is 0.926. The van der Waals surface area contributed by atoms with E-state index in [1.165, 1.54) is 0 Å². The molecule has 1 aromatic carbocycles. The second kappa shape index (κ2) is 3.14. The van der Waals surface area contributed by atoms with Crippen molar-refractivity contribution in [2.45, 2.75) is 13.5 Å². The van der Waals surface area contributed by atoms with Gasteiger partial charge in [0.05, 0.1) is 6.54 Å². The van der Waals surface area contributed by atoms with Crippen molar-refractivity contribution in [3.63, 3.8) is 0 Å². The molecule has 0 bridgehead atoms. The van der Waals surface area contributed by atoms with Crippen LogP contribution >= 0.6 is 0 Å². The van der Waals surface area contributed by atoms with Gasteiger partial charge in [0.2, 0.25) is 0 Å². The van der Waals surface area contributed by atoms with Crippen LogP contribution in [0.3, 0.4) is 0 Å². The van der Waals surface area contributed by atoms with Crippen LogP contribution in [0.5, 0.6) is 5.75 Å². The molecular formula is C8H10N2O. The van der Waals surface area contributed by atoms with Crippen LogP contribution in [0.1, 0.15) is 11.1 Å². The Bertz CT molecular complexity index is 271. The summed E-state index contributed by atoms with van der Waals surface area (Å²) < 4.78 is 0. The Hall–Kier alpha value is -1.38. The van der Waals surface area contributed by atoms with Crippen molar-refractivity contribution in [1.29, 1.82) is 5.53 Å². The number of hydrogen-bond donors (Lipinski definition) is 2. The molecule has 0 radical (unpaired) electrons. The average molecular weight is 150 g/mol. The number of nitrogens with zero attached hydrogens (tertiary/aromatic N) is 1. The van der Waals surface area contributed by atoms with Gasteiger partial charge in [-0.05, 0) is 13.0 Å². The number of benzene rings is 1. The lowest BCUT2D eigenvalue weighted by atomic mass is 10.1. The van der Waals surface area contributed by atoms with Gasteiger partial charge >= 0.3 is 0 Å². The van der Waals surface area contributed by atoms with E-state index in [-0.39, 0.29) is 12.3 Å². The zero-order valence-corrected chi connectivity index (χ0v) is 6.33. The molecule has 0 aromatic heterocycles. The second-order valence-corrected chi connectivity index (χ2v) is 2.45. The first-order valence-electron chi connectivity index (χ1n) is 3.36. The standard InChI is InChI=1S/C8H10N2O/c1-6-2-3-8(11)7(4-6)5-10-9/h2-4,9,11H,5H2,1H3. The van der Waals surface area contributed by atoms with Crippen molar-refractivity contribution >= 4 is 0 Å². The normalized spacial score (nSPS) is 9.55. The third kappa shape index (κ3) is 1.77. The number of phenols is 1. The number of phenolic OH excluding ortho intramolecular Hbond substituents is 1. The van der Waals surface area contributed by atoms with Crippen LogP contribution in [-0.4, -0.2) is 5.11 Å². The highest BCUT2D eigenvalue weighted by molar-refractivity contribution is 5.35. The third-order valence-electron chi connectivity index (χ3n) is 1.48. The molecular weight excluding hydrogens is 140 g/mol. The minimum absolute atomic E-state index is 0.214. The zero-order chi connectivity index (χ0) is 8.27. The number of rotatable bonds is 2. The average Bonchev–Trinajstić information content (AvgIpc) is 1.98. The van der Waals surface area contributed by atoms with E-state index in [4.69, 9.17) is 5.53 Å². The summed E-state index contributed by atoms with van der Waals surface area (Å²) in [6.45, 7) is 2.19. The van der Waals surface area contributed by atoms with Crippen molar-refractivity contribution in [3.05, 3.63) is 29.3 Å². The second-order valence-electron chi connectivity index (χ2n) is 2.45. The van der Waals surface area contributed by atoms with Crippen LogP contribution in [0, 0.1) is 12.5 Å². The van der Waals surface area contributed by atoms with E-state index in [1.54, 1.807) is 6.07 Å². The van der Waals surface area contributed by atoms with E-state index < -0.39 is 0 Å². The molecule has 0 heterocycles. The summed E-state index contributed by atoms with van der Waals surface area (Å²) in [5.41, 5.74) is 8.40. The Kier molecular flexibility index (Phi) is 2.21. The summed E-state index contributed by atoms with van der Waals surface area (Å²) in [6, 6.07) is 5.27. The topological polar surface area (TPSA) is 56.4 Å². The van der Waals surface area contributed by atoms with E-state index in [0.29, 0.717) is 5.56 Å². The fourth-order valence-corrected chi connectivity index (χ4v) is 0.926. The van der Waals surface area contributed by atoms with Gasteiger partial charge in [-0.25, -0.2) is 5.53 Å². The molecule has 1 rings (SSSR count). The highest BCUT2D eigenvalue weighted by atomic mass is 16.3. The number of aryl methyl sites for hydroxylation is 1. The van der Waals surface area contributed by atoms with E-state index >= 15 is 0 Å². The molecule has 0 aliphatic rings. The molecule has 3 heteroatoms. The molecule has 11 heavy (non-hydrogen) atoms. The molecule has 0 saturated carbocycles. The van der Waals surface area contributed by atoms with Gasteiger partial charge in [-0.15, -0.1) is 0 Å². The SMILES string of the molecule is Cc1ccc(O)c(CN=N)c1. The van der Waals surface area contributed by atoms with Crippen molar-refractivity contribution in [1.82, 2.24) is 0 Å². The summed E-state index contributed by atoms with van der Waals surface area (Å²) in [4.78, 5) is 0. The van der Waals surface area contributed by atoms with Gasteiger partial charge < -0.3 is 5.11 Å². The van der Waals surface area contributed by atoms with Gasteiger partial charge in [-0.1, -0.05) is 17.7 Å². The van der Waals surface area contributed by atoms with Gasteiger partial charge in [0.25, 0.3) is 0 Å². The van der Waals surface area contributed by atoms with E-state index in [0.717, 1.165) is 5.56 Å². The molecule has 0 aliphatic heterocycles. The van der Waals surface area contributed by atoms with Gasteiger partial charge in [0, 0.05) is 5.56 Å². The lowest BCUT2D eigenvalue weighted by Gasteiger charge is -2.00. The first-order valence-corrected chi connectivity index (χ1v) is 3.36. The molecule has 0 atom stereocenters. The number of hydrogen-bond acceptors (Lipinski definition) is 3. The minimum atomic E-state index is 0.214. The molecule has 0 aliphatic carbocycles. The summed E-state index contributed by atoms with van der Waals surface area (Å²) in [7, 11) is 0. The van der Waals surface area contributed by atoms with E-state index in [2.05, 4.69) is 5.11 Å². The summed E-state index contributed by atoms with van der Waals surface area (Å²) in [5, 5.41) is 12.4. The van der Waals surface area contributed by atoms with Crippen LogP contribution < -0.4 is 0 Å². The first-order chi connectivity index (χ1) is 5.24. The molecule has 0 amide bonds. The maximum absolute atomic E-state index is 9.22. The predicted molar refractivity (Wildman–Crippen MR) is 41.7 cm³/mol. The summed E-state index contributed by atoms with van der Waals surface area (Å²) >= 11 is 0. The lowest BCUT2D eigenvalue weighted by Crippen LogP contribution is -1.82. The summed E-state index contributed by atoms with van der Waals surface area (Å²) in [6.07, 6.45) is 0. The van der Waals surface area contributed by atoms with Crippen LogP contribution in [-0.2, 0) is 6.54 Å². The van der Waals surface area contributed by atoms with Crippen molar-refractivity contribution in [3.8, 4) is 5.75 Å². The van der Waals surface area contributed by atoms with Crippen molar-refractivity contribution < 1.29 is 5.11 Å². The van der Waals surface area contributed by atoms with Crippen LogP contribution in [0.25, 0.3) is 0 Å². The Morgan fingerprint density at radius 1 is 1.55 bits per heavy atom. The lowest BCUT2D eigenvalue weighted by molar-refractivity contribution is 0.467. The molecule has 1 aromatic rings. The van der Waals surface area contributed by atoms with Crippen LogP contribution in [0.4, 0.5) is 0 Å². The van der Waals surface area contributed by atoms with Crippen molar-refractivity contribution in [2.24, 2.45) is 5.11 Å². The Morgan fingerprint density at radius 2 is 2.27 bits per heavy atom. The zero-order valence-electron chi connectivity index (χ0n) is 6.33. The predicted octanol–water partition coefficient (Wildman–Crippen LogP) is 2.23. The molecule has 0 saturated heterocycles. The maximum Gasteiger partial charge on any atom is 0.120 e. The quantitative estimate of drug-likeness (QED) is 0.624. The first kappa shape index (κ1) is 7.72. The summed E-state index contributed by atoms with van der Waals surface area (Å²) in [5.74, 6) is 0.214. The molecule has 3 nitrogen and oxygen atoms in total. The Balaban J connectivity index is 3.01. The largest absolute Gasteiger partial charge is 0.508 e. The third-order valence-corrected chi connectivity index (χ3v) is 1.48. The maximum atomic E-state index is 9.22. The fraction of sp³-hybridized carbons (Fsp3) is 0.250. The van der Waals surface area contributed by atoms with Gasteiger partial charge in [-0.3, -0.25) is 0 Å². The van der Waals surface area contributed by atoms with Gasteiger partial charge in [0.1, 0.15) is 5.75 Å². The number of aromatic hydroxyl groups is 1. The smallest absolute Gasteiger partial charge is 0.120 e. The van der Waals surface area contributed by atoms with Gasteiger partial charge in [-0.2, -0.15) is 5.11 Å². The van der Waals surface area contributed by atoms with Gasteiger partial charge in [0.15, 0.2) is 0 Å². The molecule has 58 valence electrons. The minimum Gasteiger partial charge on any atom is -0.508 e. The highest BCUT2D eigenvalue weighted by Crippen LogP contribution is 2.18.